The monoisotopic (exact) mass is 394 g/mol. The minimum Gasteiger partial charge on any atom is -0.491 e. The number of carbonyl (C=O) groups is 1. The highest BCUT2D eigenvalue weighted by Crippen LogP contribution is 2.15. The Bertz CT molecular complexity index is 890. The second-order valence-electron chi connectivity index (χ2n) is 6.89. The average molecular weight is 394 g/mol. The number of nitrogens with one attached hydrogen (secondary N) is 2. The van der Waals surface area contributed by atoms with Crippen LogP contribution < -0.4 is 15.4 Å². The van der Waals surface area contributed by atoms with E-state index in [9.17, 15) is 4.79 Å². The van der Waals surface area contributed by atoms with Gasteiger partial charge in [-0.05, 0) is 61.4 Å². The Balaban J connectivity index is 1.44. The summed E-state index contributed by atoms with van der Waals surface area (Å²) in [5.74, 6) is 1.60. The molecule has 6 nitrogen and oxygen atoms in total. The Hall–Kier alpha value is -3.25. The molecular formula is C23H26N2O4. The van der Waals surface area contributed by atoms with Gasteiger partial charge >= 0.3 is 6.03 Å². The van der Waals surface area contributed by atoms with Crippen LogP contribution in [-0.4, -0.2) is 12.1 Å². The molecule has 0 radical (unpaired) electrons. The van der Waals surface area contributed by atoms with E-state index in [1.165, 1.54) is 0 Å². The predicted octanol–water partition coefficient (Wildman–Crippen LogP) is 5.11. The molecule has 0 saturated carbocycles. The molecule has 0 saturated heterocycles. The van der Waals surface area contributed by atoms with Gasteiger partial charge in [-0.15, -0.1) is 0 Å². The maximum atomic E-state index is 12.2. The molecule has 0 aliphatic carbocycles. The summed E-state index contributed by atoms with van der Waals surface area (Å²) in [6, 6.07) is 18.7. The second kappa shape index (κ2) is 10.3. The van der Waals surface area contributed by atoms with E-state index in [1.807, 2.05) is 74.5 Å². The summed E-state index contributed by atoms with van der Waals surface area (Å²) >= 11 is 0. The molecule has 0 aliphatic rings. The zero-order valence-corrected chi connectivity index (χ0v) is 16.7. The lowest BCUT2D eigenvalue weighted by Crippen LogP contribution is -2.28. The van der Waals surface area contributed by atoms with Crippen molar-refractivity contribution in [3.05, 3.63) is 83.8 Å². The van der Waals surface area contributed by atoms with Crippen molar-refractivity contribution in [2.24, 2.45) is 0 Å². The number of ether oxygens (including phenoxy) is 2. The molecule has 2 amide bonds. The van der Waals surface area contributed by atoms with E-state index in [1.54, 1.807) is 6.26 Å². The summed E-state index contributed by atoms with van der Waals surface area (Å²) in [7, 11) is 0. The number of benzene rings is 2. The van der Waals surface area contributed by atoms with Crippen LogP contribution >= 0.6 is 0 Å². The Morgan fingerprint density at radius 3 is 2.55 bits per heavy atom. The van der Waals surface area contributed by atoms with Crippen LogP contribution in [0.2, 0.25) is 0 Å². The van der Waals surface area contributed by atoms with Gasteiger partial charge in [0.15, 0.2) is 0 Å². The maximum absolute atomic E-state index is 12.2. The number of amides is 2. The van der Waals surface area contributed by atoms with Crippen LogP contribution in [0.1, 0.15) is 30.7 Å². The molecule has 0 spiro atoms. The molecule has 1 heterocycles. The highest BCUT2D eigenvalue weighted by molar-refractivity contribution is 5.89. The van der Waals surface area contributed by atoms with Crippen LogP contribution in [0.3, 0.4) is 0 Å². The SMILES string of the molecule is CC(C)Oc1ccc(CNC(=O)Nc2cccc(COCc3ccco3)c2)cc1. The van der Waals surface area contributed by atoms with Crippen molar-refractivity contribution < 1.29 is 18.7 Å². The first kappa shape index (κ1) is 20.5. The molecule has 0 atom stereocenters. The lowest BCUT2D eigenvalue weighted by Gasteiger charge is -2.11. The van der Waals surface area contributed by atoms with Gasteiger partial charge in [0.1, 0.15) is 18.1 Å². The Kier molecular flexibility index (Phi) is 7.30. The van der Waals surface area contributed by atoms with Gasteiger partial charge in [-0.3, -0.25) is 0 Å². The van der Waals surface area contributed by atoms with E-state index in [0.29, 0.717) is 25.4 Å². The third kappa shape index (κ3) is 7.01. The van der Waals surface area contributed by atoms with Crippen LogP contribution in [-0.2, 0) is 24.5 Å². The minimum atomic E-state index is -0.263. The van der Waals surface area contributed by atoms with Crippen molar-refractivity contribution in [3.63, 3.8) is 0 Å². The predicted molar refractivity (Wildman–Crippen MR) is 112 cm³/mol. The lowest BCUT2D eigenvalue weighted by molar-refractivity contribution is 0.0930. The van der Waals surface area contributed by atoms with Crippen LogP contribution in [0.4, 0.5) is 10.5 Å². The molecule has 29 heavy (non-hydrogen) atoms. The number of hydrogen-bond acceptors (Lipinski definition) is 4. The molecule has 3 rings (SSSR count). The first-order chi connectivity index (χ1) is 14.1. The molecular weight excluding hydrogens is 368 g/mol. The number of rotatable bonds is 9. The molecule has 0 aliphatic heterocycles. The summed E-state index contributed by atoms with van der Waals surface area (Å²) in [5, 5.41) is 5.70. The summed E-state index contributed by atoms with van der Waals surface area (Å²) in [6.07, 6.45) is 1.76. The summed E-state index contributed by atoms with van der Waals surface area (Å²) in [5.41, 5.74) is 2.67. The zero-order valence-electron chi connectivity index (χ0n) is 16.7. The van der Waals surface area contributed by atoms with E-state index >= 15 is 0 Å². The van der Waals surface area contributed by atoms with Gasteiger partial charge in [0.25, 0.3) is 0 Å². The first-order valence-electron chi connectivity index (χ1n) is 9.58. The van der Waals surface area contributed by atoms with Crippen molar-refractivity contribution in [2.45, 2.75) is 39.7 Å². The smallest absolute Gasteiger partial charge is 0.319 e. The third-order valence-corrected chi connectivity index (χ3v) is 4.03. The summed E-state index contributed by atoms with van der Waals surface area (Å²) in [6.45, 7) is 5.24. The van der Waals surface area contributed by atoms with Gasteiger partial charge in [0.05, 0.1) is 19.0 Å². The zero-order chi connectivity index (χ0) is 20.5. The van der Waals surface area contributed by atoms with Crippen LogP contribution in [0.5, 0.6) is 5.75 Å². The number of furan rings is 1. The summed E-state index contributed by atoms with van der Waals surface area (Å²) < 4.78 is 16.5. The van der Waals surface area contributed by atoms with Gasteiger partial charge in [-0.25, -0.2) is 4.79 Å². The molecule has 3 aromatic rings. The van der Waals surface area contributed by atoms with Gasteiger partial charge < -0.3 is 24.5 Å². The quantitative estimate of drug-likeness (QED) is 0.529. The highest BCUT2D eigenvalue weighted by Gasteiger charge is 2.04. The fraction of sp³-hybridized carbons (Fsp3) is 0.261. The van der Waals surface area contributed by atoms with E-state index in [4.69, 9.17) is 13.9 Å². The van der Waals surface area contributed by atoms with E-state index in [2.05, 4.69) is 10.6 Å². The van der Waals surface area contributed by atoms with E-state index < -0.39 is 0 Å². The van der Waals surface area contributed by atoms with Crippen molar-refractivity contribution in [3.8, 4) is 5.75 Å². The molecule has 2 aromatic carbocycles. The lowest BCUT2D eigenvalue weighted by atomic mass is 10.2. The normalized spacial score (nSPS) is 10.7. The van der Waals surface area contributed by atoms with Gasteiger partial charge in [0.2, 0.25) is 0 Å². The number of urea groups is 1. The van der Waals surface area contributed by atoms with E-state index in [0.717, 1.165) is 22.6 Å². The number of carbonyl (C=O) groups excluding carboxylic acids is 1. The second-order valence-corrected chi connectivity index (χ2v) is 6.89. The van der Waals surface area contributed by atoms with E-state index in [-0.39, 0.29) is 12.1 Å². The Labute approximate surface area is 170 Å². The van der Waals surface area contributed by atoms with Gasteiger partial charge in [0, 0.05) is 12.2 Å². The Morgan fingerprint density at radius 1 is 1.00 bits per heavy atom. The van der Waals surface area contributed by atoms with Crippen LogP contribution in [0, 0.1) is 0 Å². The molecule has 1 aromatic heterocycles. The fourth-order valence-corrected chi connectivity index (χ4v) is 2.72. The third-order valence-electron chi connectivity index (χ3n) is 4.03. The fourth-order valence-electron chi connectivity index (χ4n) is 2.72. The topological polar surface area (TPSA) is 72.7 Å². The van der Waals surface area contributed by atoms with Crippen molar-refractivity contribution >= 4 is 11.7 Å². The maximum Gasteiger partial charge on any atom is 0.319 e. The molecule has 0 fully saturated rings. The number of hydrogen-bond donors (Lipinski definition) is 2. The van der Waals surface area contributed by atoms with Crippen molar-refractivity contribution in [2.75, 3.05) is 5.32 Å². The minimum absolute atomic E-state index is 0.135. The molecule has 6 heteroatoms. The van der Waals surface area contributed by atoms with Crippen LogP contribution in [0.25, 0.3) is 0 Å². The summed E-state index contributed by atoms with van der Waals surface area (Å²) in [4.78, 5) is 12.2. The highest BCUT2D eigenvalue weighted by atomic mass is 16.5. The van der Waals surface area contributed by atoms with Crippen molar-refractivity contribution in [1.82, 2.24) is 5.32 Å². The van der Waals surface area contributed by atoms with Gasteiger partial charge in [-0.1, -0.05) is 24.3 Å². The first-order valence-corrected chi connectivity index (χ1v) is 9.58. The Morgan fingerprint density at radius 2 is 1.83 bits per heavy atom. The average Bonchev–Trinajstić information content (AvgIpc) is 3.21. The van der Waals surface area contributed by atoms with Crippen LogP contribution in [0.15, 0.2) is 71.3 Å². The molecule has 0 bridgehead atoms. The molecule has 152 valence electrons. The largest absolute Gasteiger partial charge is 0.491 e. The van der Waals surface area contributed by atoms with Crippen molar-refractivity contribution in [1.29, 1.82) is 0 Å². The molecule has 2 N–H and O–H groups in total. The standard InChI is InChI=1S/C23H26N2O4/c1-17(2)29-21-10-8-18(9-11-21)14-24-23(26)25-20-6-3-5-19(13-20)15-27-16-22-7-4-12-28-22/h3-13,17H,14-16H2,1-2H3,(H2,24,25,26). The number of anilines is 1. The molecule has 0 unspecified atom stereocenters. The van der Waals surface area contributed by atoms with Gasteiger partial charge in [-0.2, -0.15) is 0 Å².